The van der Waals surface area contributed by atoms with Crippen LogP contribution in [0.4, 0.5) is 0 Å². The summed E-state index contributed by atoms with van der Waals surface area (Å²) in [7, 11) is -3.62. The lowest BCUT2D eigenvalue weighted by atomic mass is 10.3. The molecule has 116 valence electrons. The van der Waals surface area contributed by atoms with Crippen LogP contribution in [0.3, 0.4) is 0 Å². The molecule has 2 aromatic rings. The van der Waals surface area contributed by atoms with Crippen LogP contribution in [0.5, 0.6) is 0 Å². The molecule has 9 heteroatoms. The lowest BCUT2D eigenvalue weighted by molar-refractivity contribution is 0.573. The molecule has 0 aliphatic heterocycles. The van der Waals surface area contributed by atoms with E-state index in [1.165, 1.54) is 17.5 Å². The van der Waals surface area contributed by atoms with E-state index in [-0.39, 0.29) is 11.6 Å². The van der Waals surface area contributed by atoms with Gasteiger partial charge in [0.05, 0.1) is 12.7 Å². The second-order valence-corrected chi connectivity index (χ2v) is 7.25. The Balaban J connectivity index is 2.03. The van der Waals surface area contributed by atoms with E-state index < -0.39 is 10.0 Å². The van der Waals surface area contributed by atoms with E-state index in [0.29, 0.717) is 12.1 Å². The van der Waals surface area contributed by atoms with E-state index in [2.05, 4.69) is 32.1 Å². The van der Waals surface area contributed by atoms with Crippen LogP contribution in [-0.2, 0) is 23.1 Å². The first-order chi connectivity index (χ1) is 10.0. The molecule has 0 atom stereocenters. The van der Waals surface area contributed by atoms with Gasteiger partial charge in [-0.3, -0.25) is 5.10 Å². The molecule has 3 N–H and O–H groups in total. The molecule has 2 heterocycles. The molecule has 21 heavy (non-hydrogen) atoms. The summed E-state index contributed by atoms with van der Waals surface area (Å²) in [6, 6.07) is 0. The lowest BCUT2D eigenvalue weighted by Gasteiger charge is -2.06. The Kier molecular flexibility index (Phi) is 5.45. The van der Waals surface area contributed by atoms with Crippen molar-refractivity contribution < 1.29 is 8.42 Å². The minimum atomic E-state index is -3.62. The highest BCUT2D eigenvalue weighted by atomic mass is 32.2. The number of rotatable bonds is 8. The second-order valence-electron chi connectivity index (χ2n) is 4.61. The molecule has 0 amide bonds. The number of aromatic nitrogens is 3. The molecule has 0 aliphatic carbocycles. The molecule has 0 saturated heterocycles. The van der Waals surface area contributed by atoms with Gasteiger partial charge in [-0.2, -0.15) is 5.10 Å². The summed E-state index contributed by atoms with van der Waals surface area (Å²) in [5, 5.41) is 12.3. The number of nitrogens with one attached hydrogen (secondary N) is 3. The van der Waals surface area contributed by atoms with Crippen LogP contribution >= 0.6 is 11.3 Å². The molecule has 0 spiro atoms. The van der Waals surface area contributed by atoms with Crippen LogP contribution in [-0.4, -0.2) is 30.1 Å². The summed E-state index contributed by atoms with van der Waals surface area (Å²) in [5.41, 5.74) is 1.52. The summed E-state index contributed by atoms with van der Waals surface area (Å²) >= 11 is 1.43. The van der Waals surface area contributed by atoms with Gasteiger partial charge in [-0.15, -0.1) is 11.3 Å². The van der Waals surface area contributed by atoms with Gasteiger partial charge >= 0.3 is 0 Å². The quantitative estimate of drug-likeness (QED) is 0.631. The van der Waals surface area contributed by atoms with Crippen molar-refractivity contribution in [3.05, 3.63) is 27.8 Å². The van der Waals surface area contributed by atoms with Gasteiger partial charge in [0, 0.05) is 23.2 Å². The first-order valence-corrected chi connectivity index (χ1v) is 9.03. The minimum Gasteiger partial charge on any atom is -0.313 e. The molecule has 0 fully saturated rings. The van der Waals surface area contributed by atoms with E-state index in [9.17, 15) is 8.42 Å². The monoisotopic (exact) mass is 329 g/mol. The molecular weight excluding hydrogens is 310 g/mol. The molecule has 7 nitrogen and oxygen atoms in total. The molecule has 2 rings (SSSR count). The Morgan fingerprint density at radius 2 is 2.19 bits per heavy atom. The van der Waals surface area contributed by atoms with Gasteiger partial charge in [-0.1, -0.05) is 6.92 Å². The SMILES string of the molecule is CCCNCc1cn[nH]c1S(=O)(=O)NCc1nc(C)cs1. The summed E-state index contributed by atoms with van der Waals surface area (Å²) in [5.74, 6) is 0. The van der Waals surface area contributed by atoms with Gasteiger partial charge in [0.1, 0.15) is 5.01 Å². The van der Waals surface area contributed by atoms with Crippen LogP contribution < -0.4 is 10.0 Å². The van der Waals surface area contributed by atoms with Crippen LogP contribution in [0.25, 0.3) is 0 Å². The third-order valence-corrected chi connectivity index (χ3v) is 5.15. The Labute approximate surface area is 128 Å². The highest BCUT2D eigenvalue weighted by molar-refractivity contribution is 7.89. The Morgan fingerprint density at radius 3 is 2.86 bits per heavy atom. The van der Waals surface area contributed by atoms with Gasteiger partial charge in [0.2, 0.25) is 0 Å². The van der Waals surface area contributed by atoms with Crippen molar-refractivity contribution in [1.29, 1.82) is 0 Å². The zero-order valence-corrected chi connectivity index (χ0v) is 13.6. The number of nitrogens with zero attached hydrogens (tertiary/aromatic N) is 2. The maximum atomic E-state index is 12.3. The normalized spacial score (nSPS) is 11.9. The fourth-order valence-electron chi connectivity index (χ4n) is 1.77. The average Bonchev–Trinajstić information content (AvgIpc) is 3.06. The summed E-state index contributed by atoms with van der Waals surface area (Å²) in [6.07, 6.45) is 2.52. The standard InChI is InChI=1S/C12H19N5O2S2/c1-3-4-13-5-10-6-14-17-12(10)21(18,19)15-7-11-16-9(2)8-20-11/h6,8,13,15H,3-5,7H2,1-2H3,(H,14,17). The molecular formula is C12H19N5O2S2. The van der Waals surface area contributed by atoms with E-state index in [1.807, 2.05) is 12.3 Å². The van der Waals surface area contributed by atoms with E-state index >= 15 is 0 Å². The molecule has 2 aromatic heterocycles. The zero-order chi connectivity index (χ0) is 15.3. The molecule has 0 bridgehead atoms. The third kappa shape index (κ3) is 4.34. The van der Waals surface area contributed by atoms with Gasteiger partial charge < -0.3 is 5.32 Å². The average molecular weight is 329 g/mol. The minimum absolute atomic E-state index is 0.111. The predicted octanol–water partition coefficient (Wildman–Crippen LogP) is 1.15. The van der Waals surface area contributed by atoms with Gasteiger partial charge in [-0.25, -0.2) is 18.1 Å². The Bertz CT molecular complexity index is 677. The third-order valence-electron chi connectivity index (χ3n) is 2.77. The summed E-state index contributed by atoms with van der Waals surface area (Å²) in [6.45, 7) is 5.41. The highest BCUT2D eigenvalue weighted by Crippen LogP contribution is 2.13. The van der Waals surface area contributed by atoms with E-state index in [1.54, 1.807) is 0 Å². The lowest BCUT2D eigenvalue weighted by Crippen LogP contribution is -2.25. The fraction of sp³-hybridized carbons (Fsp3) is 0.500. The Hall–Kier alpha value is -1.29. The van der Waals surface area contributed by atoms with Crippen LogP contribution in [0.15, 0.2) is 16.6 Å². The second kappa shape index (κ2) is 7.12. The smallest absolute Gasteiger partial charge is 0.258 e. The summed E-state index contributed by atoms with van der Waals surface area (Å²) in [4.78, 5) is 4.23. The van der Waals surface area contributed by atoms with E-state index in [4.69, 9.17) is 0 Å². The largest absolute Gasteiger partial charge is 0.313 e. The molecule has 0 aromatic carbocycles. The van der Waals surface area contributed by atoms with Crippen molar-refractivity contribution in [3.63, 3.8) is 0 Å². The van der Waals surface area contributed by atoms with Gasteiger partial charge in [0.25, 0.3) is 10.0 Å². The first kappa shape index (κ1) is 16.1. The summed E-state index contributed by atoms with van der Waals surface area (Å²) < 4.78 is 27.1. The van der Waals surface area contributed by atoms with Crippen molar-refractivity contribution in [2.75, 3.05) is 6.54 Å². The fourth-order valence-corrected chi connectivity index (χ4v) is 3.69. The number of sulfonamides is 1. The van der Waals surface area contributed by atoms with Crippen LogP contribution in [0, 0.1) is 6.92 Å². The van der Waals surface area contributed by atoms with Crippen molar-refractivity contribution >= 4 is 21.4 Å². The highest BCUT2D eigenvalue weighted by Gasteiger charge is 2.20. The maximum Gasteiger partial charge on any atom is 0.258 e. The topological polar surface area (TPSA) is 99.8 Å². The van der Waals surface area contributed by atoms with Gasteiger partial charge in [-0.05, 0) is 19.9 Å². The Morgan fingerprint density at radius 1 is 1.38 bits per heavy atom. The van der Waals surface area contributed by atoms with Crippen molar-refractivity contribution in [1.82, 2.24) is 25.2 Å². The number of aryl methyl sites for hydroxylation is 1. The number of hydrogen-bond donors (Lipinski definition) is 3. The molecule has 0 aliphatic rings. The molecule has 0 unspecified atom stereocenters. The predicted molar refractivity (Wildman–Crippen MR) is 81.5 cm³/mol. The number of thiazole rings is 1. The maximum absolute atomic E-state index is 12.3. The number of H-pyrrole nitrogens is 1. The van der Waals surface area contributed by atoms with Crippen LogP contribution in [0.1, 0.15) is 29.6 Å². The molecule has 0 saturated carbocycles. The van der Waals surface area contributed by atoms with E-state index in [0.717, 1.165) is 23.7 Å². The van der Waals surface area contributed by atoms with Crippen LogP contribution in [0.2, 0.25) is 0 Å². The van der Waals surface area contributed by atoms with Gasteiger partial charge in [0.15, 0.2) is 5.03 Å². The first-order valence-electron chi connectivity index (χ1n) is 6.66. The zero-order valence-electron chi connectivity index (χ0n) is 12.0. The van der Waals surface area contributed by atoms with Crippen molar-refractivity contribution in [2.24, 2.45) is 0 Å². The van der Waals surface area contributed by atoms with Crippen molar-refractivity contribution in [3.8, 4) is 0 Å². The molecule has 0 radical (unpaired) electrons. The number of hydrogen-bond acceptors (Lipinski definition) is 6. The van der Waals surface area contributed by atoms with Crippen molar-refractivity contribution in [2.45, 2.75) is 38.4 Å². The number of aromatic amines is 1.